The van der Waals surface area contributed by atoms with Crippen molar-refractivity contribution in [2.45, 2.75) is 6.42 Å². The number of hydrogen-bond donors (Lipinski definition) is 2. The number of nitrogens with one attached hydrogen (secondary N) is 2. The van der Waals surface area contributed by atoms with Crippen molar-refractivity contribution in [1.82, 2.24) is 10.2 Å². The van der Waals surface area contributed by atoms with E-state index in [1.54, 1.807) is 18.2 Å². The molecule has 20 heavy (non-hydrogen) atoms. The van der Waals surface area contributed by atoms with Crippen LogP contribution in [0.25, 0.3) is 0 Å². The van der Waals surface area contributed by atoms with E-state index in [0.717, 1.165) is 19.6 Å². The van der Waals surface area contributed by atoms with E-state index in [-0.39, 0.29) is 12.5 Å². The van der Waals surface area contributed by atoms with Crippen molar-refractivity contribution < 1.29 is 4.79 Å². The summed E-state index contributed by atoms with van der Waals surface area (Å²) >= 11 is 12.0. The van der Waals surface area contributed by atoms with Crippen LogP contribution in [-0.4, -0.2) is 44.0 Å². The number of amides is 1. The highest BCUT2D eigenvalue weighted by molar-refractivity contribution is 6.39. The zero-order valence-corrected chi connectivity index (χ0v) is 13.0. The molecule has 1 amide bonds. The van der Waals surface area contributed by atoms with Gasteiger partial charge in [0, 0.05) is 6.54 Å². The fourth-order valence-electron chi connectivity index (χ4n) is 2.38. The summed E-state index contributed by atoms with van der Waals surface area (Å²) in [6.07, 6.45) is 1.18. The van der Waals surface area contributed by atoms with Gasteiger partial charge in [-0.25, -0.2) is 0 Å². The van der Waals surface area contributed by atoms with Crippen molar-refractivity contribution in [2.24, 2.45) is 5.92 Å². The molecule has 2 rings (SSSR count). The number of halogens is 2. The molecule has 110 valence electrons. The van der Waals surface area contributed by atoms with Crippen LogP contribution in [0.1, 0.15) is 6.42 Å². The third kappa shape index (κ3) is 4.35. The molecule has 4 nitrogen and oxygen atoms in total. The van der Waals surface area contributed by atoms with E-state index >= 15 is 0 Å². The maximum absolute atomic E-state index is 11.9. The summed E-state index contributed by atoms with van der Waals surface area (Å²) in [4.78, 5) is 14.2. The molecule has 1 aromatic rings. The summed E-state index contributed by atoms with van der Waals surface area (Å²) in [5.74, 6) is 0.489. The zero-order valence-electron chi connectivity index (χ0n) is 11.5. The van der Waals surface area contributed by atoms with E-state index in [1.807, 2.05) is 0 Å². The monoisotopic (exact) mass is 315 g/mol. The van der Waals surface area contributed by atoms with Gasteiger partial charge in [0.05, 0.1) is 22.3 Å². The molecule has 1 unspecified atom stereocenters. The molecule has 1 aliphatic rings. The summed E-state index contributed by atoms with van der Waals surface area (Å²) in [6.45, 7) is 3.34. The number of rotatable bonds is 5. The first-order valence-electron chi connectivity index (χ1n) is 6.69. The molecule has 0 bridgehead atoms. The zero-order chi connectivity index (χ0) is 14.5. The molecule has 1 fully saturated rings. The SMILES string of the molecule is CN1CCC(CNCC(=O)Nc2c(Cl)cccc2Cl)C1. The van der Waals surface area contributed by atoms with Crippen LogP contribution in [0, 0.1) is 5.92 Å². The number of benzene rings is 1. The van der Waals surface area contributed by atoms with Gasteiger partial charge in [0.15, 0.2) is 0 Å². The summed E-state index contributed by atoms with van der Waals surface area (Å²) < 4.78 is 0. The molecule has 0 saturated carbocycles. The van der Waals surface area contributed by atoms with Crippen molar-refractivity contribution in [1.29, 1.82) is 0 Å². The number of nitrogens with zero attached hydrogens (tertiary/aromatic N) is 1. The summed E-state index contributed by atoms with van der Waals surface area (Å²) in [7, 11) is 2.12. The Hall–Kier alpha value is -0.810. The van der Waals surface area contributed by atoms with Crippen LogP contribution >= 0.6 is 23.2 Å². The summed E-state index contributed by atoms with van der Waals surface area (Å²) in [5.41, 5.74) is 0.475. The van der Waals surface area contributed by atoms with Gasteiger partial charge in [0.2, 0.25) is 5.91 Å². The smallest absolute Gasteiger partial charge is 0.238 e. The Morgan fingerprint density at radius 3 is 2.70 bits per heavy atom. The van der Waals surface area contributed by atoms with Gasteiger partial charge in [-0.05, 0) is 44.6 Å². The number of carbonyl (C=O) groups is 1. The Morgan fingerprint density at radius 2 is 2.10 bits per heavy atom. The van der Waals surface area contributed by atoms with Crippen LogP contribution in [0.5, 0.6) is 0 Å². The normalized spacial score (nSPS) is 19.2. The van der Waals surface area contributed by atoms with Crippen molar-refractivity contribution >= 4 is 34.8 Å². The van der Waals surface area contributed by atoms with Crippen LogP contribution in [-0.2, 0) is 4.79 Å². The average Bonchev–Trinajstić information content (AvgIpc) is 2.80. The van der Waals surface area contributed by atoms with E-state index in [1.165, 1.54) is 6.42 Å². The second-order valence-corrected chi connectivity index (χ2v) is 6.01. The Morgan fingerprint density at radius 1 is 1.40 bits per heavy atom. The summed E-state index contributed by atoms with van der Waals surface area (Å²) in [6, 6.07) is 5.14. The number of anilines is 1. The molecular weight excluding hydrogens is 297 g/mol. The molecule has 1 aromatic carbocycles. The van der Waals surface area contributed by atoms with Crippen LogP contribution in [0.2, 0.25) is 10.0 Å². The van der Waals surface area contributed by atoms with Gasteiger partial charge in [-0.15, -0.1) is 0 Å². The highest BCUT2D eigenvalue weighted by Gasteiger charge is 2.19. The standard InChI is InChI=1S/C14H19Cl2N3O/c1-19-6-5-10(9-19)7-17-8-13(20)18-14-11(15)3-2-4-12(14)16/h2-4,10,17H,5-9H2,1H3,(H,18,20). The minimum Gasteiger partial charge on any atom is -0.322 e. The van der Waals surface area contributed by atoms with Crippen LogP contribution in [0.15, 0.2) is 18.2 Å². The predicted octanol–water partition coefficient (Wildman–Crippen LogP) is 2.47. The van der Waals surface area contributed by atoms with E-state index in [9.17, 15) is 4.79 Å². The number of carbonyl (C=O) groups excluding carboxylic acids is 1. The van der Waals surface area contributed by atoms with Gasteiger partial charge >= 0.3 is 0 Å². The lowest BCUT2D eigenvalue weighted by Gasteiger charge is -2.12. The molecule has 0 radical (unpaired) electrons. The number of para-hydroxylation sites is 1. The molecule has 1 heterocycles. The molecule has 0 aromatic heterocycles. The lowest BCUT2D eigenvalue weighted by molar-refractivity contribution is -0.115. The average molecular weight is 316 g/mol. The maximum Gasteiger partial charge on any atom is 0.238 e. The number of likely N-dealkylation sites (tertiary alicyclic amines) is 1. The highest BCUT2D eigenvalue weighted by atomic mass is 35.5. The van der Waals surface area contributed by atoms with Gasteiger partial charge in [-0.1, -0.05) is 29.3 Å². The van der Waals surface area contributed by atoms with Gasteiger partial charge in [0.25, 0.3) is 0 Å². The van der Waals surface area contributed by atoms with Crippen LogP contribution in [0.3, 0.4) is 0 Å². The second kappa shape index (κ2) is 7.27. The maximum atomic E-state index is 11.9. The van der Waals surface area contributed by atoms with Crippen molar-refractivity contribution in [3.8, 4) is 0 Å². The fraction of sp³-hybridized carbons (Fsp3) is 0.500. The van der Waals surface area contributed by atoms with E-state index in [0.29, 0.717) is 21.7 Å². The molecule has 1 aliphatic heterocycles. The predicted molar refractivity (Wildman–Crippen MR) is 83.6 cm³/mol. The van der Waals surface area contributed by atoms with Crippen molar-refractivity contribution in [3.63, 3.8) is 0 Å². The minimum atomic E-state index is -0.133. The lowest BCUT2D eigenvalue weighted by Crippen LogP contribution is -2.32. The van der Waals surface area contributed by atoms with Gasteiger partial charge in [-0.3, -0.25) is 4.79 Å². The van der Waals surface area contributed by atoms with E-state index in [2.05, 4.69) is 22.6 Å². The fourth-order valence-corrected chi connectivity index (χ4v) is 2.88. The second-order valence-electron chi connectivity index (χ2n) is 5.19. The molecule has 2 N–H and O–H groups in total. The van der Waals surface area contributed by atoms with Gasteiger partial charge < -0.3 is 15.5 Å². The van der Waals surface area contributed by atoms with E-state index < -0.39 is 0 Å². The first kappa shape index (κ1) is 15.6. The highest BCUT2D eigenvalue weighted by Crippen LogP contribution is 2.29. The Kier molecular flexibility index (Phi) is 5.66. The molecule has 0 spiro atoms. The third-order valence-corrected chi connectivity index (χ3v) is 4.06. The van der Waals surface area contributed by atoms with Crippen molar-refractivity contribution in [2.75, 3.05) is 38.5 Å². The first-order valence-corrected chi connectivity index (χ1v) is 7.45. The van der Waals surface area contributed by atoms with Gasteiger partial charge in [0.1, 0.15) is 0 Å². The lowest BCUT2D eigenvalue weighted by atomic mass is 10.1. The molecule has 1 saturated heterocycles. The van der Waals surface area contributed by atoms with E-state index in [4.69, 9.17) is 23.2 Å². The third-order valence-electron chi connectivity index (χ3n) is 3.43. The minimum absolute atomic E-state index is 0.133. The quantitative estimate of drug-likeness (QED) is 0.877. The first-order chi connectivity index (χ1) is 9.56. The Bertz CT molecular complexity index is 461. The molecular formula is C14H19Cl2N3O. The van der Waals surface area contributed by atoms with Crippen molar-refractivity contribution in [3.05, 3.63) is 28.2 Å². The summed E-state index contributed by atoms with van der Waals surface area (Å²) in [5, 5.41) is 6.81. The van der Waals surface area contributed by atoms with Crippen LogP contribution < -0.4 is 10.6 Å². The Balaban J connectivity index is 1.75. The Labute approximate surface area is 129 Å². The molecule has 1 atom stereocenters. The van der Waals surface area contributed by atoms with Crippen LogP contribution in [0.4, 0.5) is 5.69 Å². The molecule has 6 heteroatoms. The molecule has 0 aliphatic carbocycles. The largest absolute Gasteiger partial charge is 0.322 e. The topological polar surface area (TPSA) is 44.4 Å². The van der Waals surface area contributed by atoms with Gasteiger partial charge in [-0.2, -0.15) is 0 Å². The number of hydrogen-bond acceptors (Lipinski definition) is 3.